The van der Waals surface area contributed by atoms with Gasteiger partial charge in [0.1, 0.15) is 0 Å². The molecule has 6 nitrogen and oxygen atoms in total. The van der Waals surface area contributed by atoms with Crippen LogP contribution in [0.2, 0.25) is 0 Å². The molecule has 0 aromatic carbocycles. The lowest BCUT2D eigenvalue weighted by Gasteiger charge is -2.33. The van der Waals surface area contributed by atoms with Crippen molar-refractivity contribution in [3.8, 4) is 0 Å². The van der Waals surface area contributed by atoms with Crippen LogP contribution < -0.4 is 15.5 Å². The Morgan fingerprint density at radius 3 is 2.86 bits per heavy atom. The van der Waals surface area contributed by atoms with Crippen molar-refractivity contribution in [2.24, 2.45) is 5.92 Å². The summed E-state index contributed by atoms with van der Waals surface area (Å²) in [5, 5.41) is 14.3. The Labute approximate surface area is 126 Å². The first-order chi connectivity index (χ1) is 10.1. The molecule has 1 saturated heterocycles. The van der Waals surface area contributed by atoms with Gasteiger partial charge in [0.25, 0.3) is 5.91 Å². The molecule has 1 aliphatic heterocycles. The lowest BCUT2D eigenvalue weighted by molar-refractivity contribution is 0.0957. The molecule has 1 amide bonds. The van der Waals surface area contributed by atoms with E-state index in [0.29, 0.717) is 17.7 Å². The van der Waals surface area contributed by atoms with Crippen LogP contribution >= 0.6 is 0 Å². The van der Waals surface area contributed by atoms with Gasteiger partial charge in [-0.2, -0.15) is 0 Å². The SMILES string of the molecule is CNC(=O)c1ccc(N2CCCC(CNC(C)C)C2)nn1. The standard InChI is InChI=1S/C15H25N5O/c1-11(2)17-9-12-5-4-8-20(10-12)14-7-6-13(18-19-14)15(21)16-3/h6-7,11-12,17H,4-5,8-10H2,1-3H3,(H,16,21). The number of hydrogen-bond donors (Lipinski definition) is 2. The minimum atomic E-state index is -0.202. The zero-order valence-electron chi connectivity index (χ0n) is 13.1. The third-order valence-electron chi connectivity index (χ3n) is 3.77. The van der Waals surface area contributed by atoms with E-state index in [1.165, 1.54) is 12.8 Å². The Bertz CT molecular complexity index is 460. The molecular weight excluding hydrogens is 266 g/mol. The van der Waals surface area contributed by atoms with Crippen LogP contribution in [0.15, 0.2) is 12.1 Å². The molecule has 2 N–H and O–H groups in total. The van der Waals surface area contributed by atoms with Crippen molar-refractivity contribution in [3.63, 3.8) is 0 Å². The largest absolute Gasteiger partial charge is 0.355 e. The van der Waals surface area contributed by atoms with E-state index in [9.17, 15) is 4.79 Å². The van der Waals surface area contributed by atoms with E-state index in [-0.39, 0.29) is 5.91 Å². The summed E-state index contributed by atoms with van der Waals surface area (Å²) in [4.78, 5) is 13.7. The van der Waals surface area contributed by atoms with Gasteiger partial charge in [-0.05, 0) is 37.4 Å². The topological polar surface area (TPSA) is 70.2 Å². The first kappa shape index (κ1) is 15.7. The van der Waals surface area contributed by atoms with Crippen LogP contribution in [0.5, 0.6) is 0 Å². The average Bonchev–Trinajstić information content (AvgIpc) is 2.52. The molecule has 6 heteroatoms. The number of aromatic nitrogens is 2. The van der Waals surface area contributed by atoms with E-state index >= 15 is 0 Å². The Hall–Kier alpha value is -1.69. The molecule has 1 aliphatic rings. The van der Waals surface area contributed by atoms with Crippen LogP contribution in [0, 0.1) is 5.92 Å². The molecule has 1 aromatic heterocycles. The molecular formula is C15H25N5O. The Morgan fingerprint density at radius 1 is 1.43 bits per heavy atom. The monoisotopic (exact) mass is 291 g/mol. The predicted octanol–water partition coefficient (Wildman–Crippen LogP) is 1.05. The number of anilines is 1. The van der Waals surface area contributed by atoms with Gasteiger partial charge in [-0.25, -0.2) is 0 Å². The number of carbonyl (C=O) groups excluding carboxylic acids is 1. The fourth-order valence-corrected chi connectivity index (χ4v) is 2.59. The van der Waals surface area contributed by atoms with Gasteiger partial charge in [0, 0.05) is 26.2 Å². The number of nitrogens with one attached hydrogen (secondary N) is 2. The van der Waals surface area contributed by atoms with E-state index in [0.717, 1.165) is 25.5 Å². The molecule has 1 aromatic rings. The summed E-state index contributed by atoms with van der Waals surface area (Å²) in [5.74, 6) is 1.30. The molecule has 2 heterocycles. The fourth-order valence-electron chi connectivity index (χ4n) is 2.59. The van der Waals surface area contributed by atoms with Crippen molar-refractivity contribution in [1.82, 2.24) is 20.8 Å². The normalized spacial score (nSPS) is 18.9. The van der Waals surface area contributed by atoms with E-state index in [1.54, 1.807) is 13.1 Å². The summed E-state index contributed by atoms with van der Waals surface area (Å²) in [6, 6.07) is 4.14. The third kappa shape index (κ3) is 4.39. The highest BCUT2D eigenvalue weighted by Crippen LogP contribution is 2.20. The predicted molar refractivity (Wildman–Crippen MR) is 83.5 cm³/mol. The van der Waals surface area contributed by atoms with Gasteiger partial charge in [0.05, 0.1) is 0 Å². The van der Waals surface area contributed by atoms with Crippen molar-refractivity contribution in [2.45, 2.75) is 32.7 Å². The summed E-state index contributed by atoms with van der Waals surface area (Å²) in [6.07, 6.45) is 2.42. The minimum Gasteiger partial charge on any atom is -0.355 e. The maximum absolute atomic E-state index is 11.5. The maximum Gasteiger partial charge on any atom is 0.271 e. The van der Waals surface area contributed by atoms with E-state index < -0.39 is 0 Å². The number of hydrogen-bond acceptors (Lipinski definition) is 5. The zero-order chi connectivity index (χ0) is 15.2. The van der Waals surface area contributed by atoms with Gasteiger partial charge < -0.3 is 15.5 Å². The van der Waals surface area contributed by atoms with Crippen molar-refractivity contribution in [2.75, 3.05) is 31.6 Å². The van der Waals surface area contributed by atoms with Crippen LogP contribution in [-0.2, 0) is 0 Å². The van der Waals surface area contributed by atoms with Crippen LogP contribution in [0.1, 0.15) is 37.2 Å². The van der Waals surface area contributed by atoms with Crippen molar-refractivity contribution in [3.05, 3.63) is 17.8 Å². The van der Waals surface area contributed by atoms with Gasteiger partial charge in [0.2, 0.25) is 0 Å². The third-order valence-corrected chi connectivity index (χ3v) is 3.77. The zero-order valence-corrected chi connectivity index (χ0v) is 13.1. The highest BCUT2D eigenvalue weighted by Gasteiger charge is 2.21. The molecule has 21 heavy (non-hydrogen) atoms. The number of amides is 1. The van der Waals surface area contributed by atoms with Gasteiger partial charge in [-0.15, -0.1) is 10.2 Å². The fraction of sp³-hybridized carbons (Fsp3) is 0.667. The van der Waals surface area contributed by atoms with Gasteiger partial charge in [-0.1, -0.05) is 13.8 Å². The molecule has 2 rings (SSSR count). The maximum atomic E-state index is 11.5. The van der Waals surface area contributed by atoms with E-state index in [2.05, 4.69) is 39.6 Å². The highest BCUT2D eigenvalue weighted by atomic mass is 16.1. The van der Waals surface area contributed by atoms with Crippen LogP contribution in [0.4, 0.5) is 5.82 Å². The Kier molecular flexibility index (Phi) is 5.50. The number of nitrogens with zero attached hydrogens (tertiary/aromatic N) is 3. The van der Waals surface area contributed by atoms with Crippen LogP contribution in [-0.4, -0.2) is 48.8 Å². The number of piperidine rings is 1. The Balaban J connectivity index is 1.96. The van der Waals surface area contributed by atoms with Gasteiger partial charge >= 0.3 is 0 Å². The first-order valence-corrected chi connectivity index (χ1v) is 7.64. The molecule has 1 unspecified atom stereocenters. The lowest BCUT2D eigenvalue weighted by atomic mass is 9.98. The lowest BCUT2D eigenvalue weighted by Crippen LogP contribution is -2.41. The number of rotatable bonds is 5. The molecule has 1 fully saturated rings. The summed E-state index contributed by atoms with van der Waals surface area (Å²) < 4.78 is 0. The van der Waals surface area contributed by atoms with Gasteiger partial charge in [-0.3, -0.25) is 4.79 Å². The van der Waals surface area contributed by atoms with E-state index in [1.807, 2.05) is 6.07 Å². The quantitative estimate of drug-likeness (QED) is 0.848. The second kappa shape index (κ2) is 7.36. The van der Waals surface area contributed by atoms with Crippen molar-refractivity contribution < 1.29 is 4.79 Å². The van der Waals surface area contributed by atoms with Crippen molar-refractivity contribution >= 4 is 11.7 Å². The summed E-state index contributed by atoms with van der Waals surface area (Å²) in [6.45, 7) is 7.38. The summed E-state index contributed by atoms with van der Waals surface area (Å²) in [7, 11) is 1.59. The second-order valence-corrected chi connectivity index (χ2v) is 5.87. The molecule has 0 spiro atoms. The Morgan fingerprint density at radius 2 is 2.24 bits per heavy atom. The van der Waals surface area contributed by atoms with Crippen molar-refractivity contribution in [1.29, 1.82) is 0 Å². The van der Waals surface area contributed by atoms with E-state index in [4.69, 9.17) is 0 Å². The average molecular weight is 291 g/mol. The van der Waals surface area contributed by atoms with Crippen LogP contribution in [0.25, 0.3) is 0 Å². The molecule has 0 radical (unpaired) electrons. The first-order valence-electron chi connectivity index (χ1n) is 7.64. The molecule has 1 atom stereocenters. The molecule has 0 bridgehead atoms. The van der Waals surface area contributed by atoms with Crippen LogP contribution in [0.3, 0.4) is 0 Å². The minimum absolute atomic E-state index is 0.202. The smallest absolute Gasteiger partial charge is 0.271 e. The molecule has 0 aliphatic carbocycles. The number of carbonyl (C=O) groups is 1. The molecule has 0 saturated carbocycles. The highest BCUT2D eigenvalue weighted by molar-refractivity contribution is 5.91. The summed E-state index contributed by atoms with van der Waals surface area (Å²) >= 11 is 0. The van der Waals surface area contributed by atoms with Gasteiger partial charge in [0.15, 0.2) is 11.5 Å². The second-order valence-electron chi connectivity index (χ2n) is 5.87. The summed E-state index contributed by atoms with van der Waals surface area (Å²) in [5.41, 5.74) is 0.358. The molecule has 116 valence electrons.